The minimum absolute atomic E-state index is 0.136. The van der Waals surface area contributed by atoms with Gasteiger partial charge >= 0.3 is 0 Å². The average Bonchev–Trinajstić information content (AvgIpc) is 2.92. The third-order valence-electron chi connectivity index (χ3n) is 3.27. The molecular weight excluding hydrogens is 238 g/mol. The molecule has 0 spiro atoms. The van der Waals surface area contributed by atoms with E-state index < -0.39 is 0 Å². The highest BCUT2D eigenvalue weighted by molar-refractivity contribution is 5.77. The number of hydrogen-bond donors (Lipinski definition) is 2. The molecule has 1 aliphatic heterocycles. The summed E-state index contributed by atoms with van der Waals surface area (Å²) in [4.78, 5) is 4.37. The lowest BCUT2D eigenvalue weighted by Gasteiger charge is -2.17. The monoisotopic (exact) mass is 259 g/mol. The number of aliphatic imine (C=N–C) groups is 1. The molecule has 4 heteroatoms. The van der Waals surface area contributed by atoms with Crippen molar-refractivity contribution >= 4 is 5.96 Å². The van der Waals surface area contributed by atoms with E-state index in [9.17, 15) is 0 Å². The lowest BCUT2D eigenvalue weighted by atomic mass is 9.95. The van der Waals surface area contributed by atoms with Gasteiger partial charge in [0.2, 0.25) is 0 Å². The van der Waals surface area contributed by atoms with Gasteiger partial charge in [0.15, 0.2) is 5.96 Å². The fourth-order valence-electron chi connectivity index (χ4n) is 2.28. The highest BCUT2D eigenvalue weighted by Gasteiger charge is 2.29. The second kappa shape index (κ2) is 6.95. The summed E-state index contributed by atoms with van der Waals surface area (Å²) in [6.45, 7) is 5.75. The maximum atomic E-state index is 5.82. The summed E-state index contributed by atoms with van der Waals surface area (Å²) in [5.41, 5.74) is 6.99. The Labute approximate surface area is 114 Å². The molecule has 19 heavy (non-hydrogen) atoms. The average molecular weight is 259 g/mol. The minimum Gasteiger partial charge on any atom is -0.373 e. The van der Waals surface area contributed by atoms with Crippen LogP contribution in [0.2, 0.25) is 0 Å². The molecule has 0 amide bonds. The molecule has 1 heterocycles. The van der Waals surface area contributed by atoms with Crippen LogP contribution in [-0.4, -0.2) is 25.7 Å². The first-order chi connectivity index (χ1) is 9.31. The second-order valence-corrected chi connectivity index (χ2v) is 4.65. The lowest BCUT2D eigenvalue weighted by Crippen LogP contribution is -2.32. The molecule has 0 aliphatic carbocycles. The Morgan fingerprint density at radius 1 is 1.47 bits per heavy atom. The first kappa shape index (κ1) is 13.6. The Kier molecular flexibility index (Phi) is 4.98. The number of benzene rings is 1. The molecule has 0 aromatic heterocycles. The highest BCUT2D eigenvalue weighted by atomic mass is 16.5. The number of hydrogen-bond acceptors (Lipinski definition) is 2. The quantitative estimate of drug-likeness (QED) is 0.482. The first-order valence-corrected chi connectivity index (χ1v) is 6.62. The number of rotatable bonds is 5. The van der Waals surface area contributed by atoms with Gasteiger partial charge in [-0.2, -0.15) is 0 Å². The van der Waals surface area contributed by atoms with Crippen LogP contribution < -0.4 is 11.1 Å². The van der Waals surface area contributed by atoms with E-state index in [1.54, 1.807) is 6.08 Å². The zero-order valence-electron chi connectivity index (χ0n) is 11.1. The number of nitrogens with zero attached hydrogens (tertiary/aromatic N) is 1. The Bertz CT molecular complexity index is 430. The van der Waals surface area contributed by atoms with Crippen LogP contribution in [0.4, 0.5) is 0 Å². The molecule has 0 radical (unpaired) electrons. The van der Waals surface area contributed by atoms with E-state index in [1.807, 2.05) is 18.2 Å². The van der Waals surface area contributed by atoms with Crippen LogP contribution in [0.3, 0.4) is 0 Å². The molecule has 1 aromatic rings. The molecule has 2 rings (SSSR count). The zero-order chi connectivity index (χ0) is 13.5. The second-order valence-electron chi connectivity index (χ2n) is 4.65. The summed E-state index contributed by atoms with van der Waals surface area (Å²) in [7, 11) is 0. The van der Waals surface area contributed by atoms with Crippen molar-refractivity contribution in [3.8, 4) is 0 Å². The van der Waals surface area contributed by atoms with Crippen molar-refractivity contribution in [3.05, 3.63) is 48.6 Å². The van der Waals surface area contributed by atoms with Crippen LogP contribution in [0.15, 0.2) is 48.0 Å². The van der Waals surface area contributed by atoms with E-state index >= 15 is 0 Å². The van der Waals surface area contributed by atoms with Crippen molar-refractivity contribution < 1.29 is 4.74 Å². The SMILES string of the molecule is C=CCNC(N)=NC[C@@H]1CCO[C@H]1c1ccccc1. The van der Waals surface area contributed by atoms with Crippen molar-refractivity contribution in [1.82, 2.24) is 5.32 Å². The van der Waals surface area contributed by atoms with Gasteiger partial charge in [-0.25, -0.2) is 0 Å². The molecule has 102 valence electrons. The molecule has 0 saturated carbocycles. The molecular formula is C15H21N3O. The zero-order valence-corrected chi connectivity index (χ0v) is 11.1. The molecule has 2 atom stereocenters. The van der Waals surface area contributed by atoms with E-state index in [4.69, 9.17) is 10.5 Å². The van der Waals surface area contributed by atoms with Gasteiger partial charge in [0.05, 0.1) is 6.10 Å². The van der Waals surface area contributed by atoms with Crippen LogP contribution in [-0.2, 0) is 4.74 Å². The fourth-order valence-corrected chi connectivity index (χ4v) is 2.28. The Balaban J connectivity index is 1.94. The van der Waals surface area contributed by atoms with Gasteiger partial charge < -0.3 is 15.8 Å². The summed E-state index contributed by atoms with van der Waals surface area (Å²) < 4.78 is 5.82. The van der Waals surface area contributed by atoms with Gasteiger partial charge in [-0.15, -0.1) is 6.58 Å². The third-order valence-corrected chi connectivity index (χ3v) is 3.27. The Morgan fingerprint density at radius 3 is 3.00 bits per heavy atom. The molecule has 0 unspecified atom stereocenters. The summed E-state index contributed by atoms with van der Waals surface area (Å²) in [6.07, 6.45) is 2.92. The van der Waals surface area contributed by atoms with Crippen LogP contribution in [0.5, 0.6) is 0 Å². The predicted molar refractivity (Wildman–Crippen MR) is 77.9 cm³/mol. The van der Waals surface area contributed by atoms with Crippen molar-refractivity contribution in [2.45, 2.75) is 12.5 Å². The molecule has 1 aromatic carbocycles. The molecule has 1 saturated heterocycles. The molecule has 0 bridgehead atoms. The van der Waals surface area contributed by atoms with Crippen LogP contribution in [0.25, 0.3) is 0 Å². The lowest BCUT2D eigenvalue weighted by molar-refractivity contribution is 0.0926. The van der Waals surface area contributed by atoms with Gasteiger partial charge in [0.1, 0.15) is 0 Å². The topological polar surface area (TPSA) is 59.6 Å². The van der Waals surface area contributed by atoms with Gasteiger partial charge in [0.25, 0.3) is 0 Å². The van der Waals surface area contributed by atoms with Crippen molar-refractivity contribution in [2.24, 2.45) is 16.6 Å². The van der Waals surface area contributed by atoms with E-state index in [1.165, 1.54) is 5.56 Å². The smallest absolute Gasteiger partial charge is 0.188 e. The van der Waals surface area contributed by atoms with Crippen molar-refractivity contribution in [2.75, 3.05) is 19.7 Å². The minimum atomic E-state index is 0.136. The Hall–Kier alpha value is -1.81. The summed E-state index contributed by atoms with van der Waals surface area (Å²) in [5.74, 6) is 0.866. The summed E-state index contributed by atoms with van der Waals surface area (Å²) in [5, 5.41) is 2.98. The summed E-state index contributed by atoms with van der Waals surface area (Å²) in [6, 6.07) is 10.3. The van der Waals surface area contributed by atoms with E-state index in [0.717, 1.165) is 13.0 Å². The van der Waals surface area contributed by atoms with Gasteiger partial charge in [-0.1, -0.05) is 36.4 Å². The molecule has 3 N–H and O–H groups in total. The molecule has 1 fully saturated rings. The van der Waals surface area contributed by atoms with Gasteiger partial charge in [-0.05, 0) is 12.0 Å². The standard InChI is InChI=1S/C15H21N3O/c1-2-9-17-15(16)18-11-13-8-10-19-14(13)12-6-4-3-5-7-12/h2-7,13-14H,1,8-11H2,(H3,16,17,18)/t13-,14-/m0/s1. The molecule has 4 nitrogen and oxygen atoms in total. The first-order valence-electron chi connectivity index (χ1n) is 6.62. The largest absolute Gasteiger partial charge is 0.373 e. The number of nitrogens with two attached hydrogens (primary N) is 1. The van der Waals surface area contributed by atoms with E-state index in [2.05, 4.69) is 29.0 Å². The number of ether oxygens (including phenoxy) is 1. The fraction of sp³-hybridized carbons (Fsp3) is 0.400. The normalized spacial score (nSPS) is 23.3. The maximum absolute atomic E-state index is 5.82. The highest BCUT2D eigenvalue weighted by Crippen LogP contribution is 2.34. The van der Waals surface area contributed by atoms with E-state index in [-0.39, 0.29) is 6.10 Å². The maximum Gasteiger partial charge on any atom is 0.188 e. The van der Waals surface area contributed by atoms with Gasteiger partial charge in [-0.3, -0.25) is 4.99 Å². The third kappa shape index (κ3) is 3.83. The van der Waals surface area contributed by atoms with Gasteiger partial charge in [0, 0.05) is 25.6 Å². The number of guanidine groups is 1. The Morgan fingerprint density at radius 2 is 2.26 bits per heavy atom. The van der Waals surface area contributed by atoms with E-state index in [0.29, 0.717) is 25.0 Å². The van der Waals surface area contributed by atoms with Crippen LogP contribution in [0.1, 0.15) is 18.1 Å². The molecule has 1 aliphatic rings. The predicted octanol–water partition coefficient (Wildman–Crippen LogP) is 1.85. The summed E-state index contributed by atoms with van der Waals surface area (Å²) >= 11 is 0. The van der Waals surface area contributed by atoms with Crippen molar-refractivity contribution in [3.63, 3.8) is 0 Å². The van der Waals surface area contributed by atoms with Crippen molar-refractivity contribution in [1.29, 1.82) is 0 Å². The number of nitrogens with one attached hydrogen (secondary N) is 1. The van der Waals surface area contributed by atoms with Crippen LogP contribution in [0, 0.1) is 5.92 Å². The van der Waals surface area contributed by atoms with Crippen LogP contribution >= 0.6 is 0 Å².